The highest BCUT2D eigenvalue weighted by molar-refractivity contribution is 6.44. The van der Waals surface area contributed by atoms with Crippen LogP contribution >= 0.6 is 0 Å². The summed E-state index contributed by atoms with van der Waals surface area (Å²) >= 11 is 0. The average molecular weight is 321 g/mol. The first-order chi connectivity index (χ1) is 11.6. The molecule has 1 fully saturated rings. The SMILES string of the molecule is CN1C=C(c2ccc(C(=O)N3CCCC3)cc2)C2C=CN=C2C1=O. The maximum atomic E-state index is 12.4. The first-order valence-corrected chi connectivity index (χ1v) is 8.28. The van der Waals surface area contributed by atoms with Gasteiger partial charge in [0, 0.05) is 38.1 Å². The zero-order valence-corrected chi connectivity index (χ0v) is 13.6. The van der Waals surface area contributed by atoms with Gasteiger partial charge >= 0.3 is 0 Å². The summed E-state index contributed by atoms with van der Waals surface area (Å²) in [4.78, 5) is 32.3. The fourth-order valence-electron chi connectivity index (χ4n) is 3.51. The highest BCUT2D eigenvalue weighted by Crippen LogP contribution is 2.33. The molecule has 5 nitrogen and oxygen atoms in total. The van der Waals surface area contributed by atoms with Crippen LogP contribution in [0.25, 0.3) is 5.57 Å². The molecule has 0 radical (unpaired) electrons. The number of hydrogen-bond donors (Lipinski definition) is 0. The summed E-state index contributed by atoms with van der Waals surface area (Å²) in [5.41, 5.74) is 3.32. The van der Waals surface area contributed by atoms with Crippen molar-refractivity contribution in [3.05, 3.63) is 53.9 Å². The molecule has 5 heteroatoms. The van der Waals surface area contributed by atoms with Crippen molar-refractivity contribution < 1.29 is 9.59 Å². The lowest BCUT2D eigenvalue weighted by Crippen LogP contribution is -2.37. The summed E-state index contributed by atoms with van der Waals surface area (Å²) in [5, 5.41) is 0. The minimum Gasteiger partial charge on any atom is -0.339 e. The Labute approximate surface area is 141 Å². The van der Waals surface area contributed by atoms with Crippen LogP contribution < -0.4 is 0 Å². The van der Waals surface area contributed by atoms with Crippen molar-refractivity contribution >= 4 is 23.1 Å². The third-order valence-electron chi connectivity index (χ3n) is 4.85. The van der Waals surface area contributed by atoms with Gasteiger partial charge in [-0.2, -0.15) is 0 Å². The first kappa shape index (κ1) is 14.9. The Morgan fingerprint density at radius 2 is 1.88 bits per heavy atom. The summed E-state index contributed by atoms with van der Waals surface area (Å²) in [6.07, 6.45) is 7.67. The van der Waals surface area contributed by atoms with Crippen LogP contribution in [0.5, 0.6) is 0 Å². The van der Waals surface area contributed by atoms with Crippen molar-refractivity contribution in [2.24, 2.45) is 10.9 Å². The maximum absolute atomic E-state index is 12.4. The number of allylic oxidation sites excluding steroid dienone is 2. The van der Waals surface area contributed by atoms with E-state index in [0.29, 0.717) is 5.71 Å². The van der Waals surface area contributed by atoms with Gasteiger partial charge in [0.1, 0.15) is 5.71 Å². The lowest BCUT2D eigenvalue weighted by Gasteiger charge is -2.26. The standard InChI is InChI=1S/C19H19N3O2/c1-21-12-16(15-8-9-20-17(15)19(21)24)13-4-6-14(7-5-13)18(23)22-10-2-3-11-22/h4-9,12,15H,2-3,10-11H2,1H3. The molecule has 3 heterocycles. The fourth-order valence-corrected chi connectivity index (χ4v) is 3.51. The molecule has 3 aliphatic heterocycles. The number of aliphatic imine (C=N–C) groups is 1. The summed E-state index contributed by atoms with van der Waals surface area (Å²) < 4.78 is 0. The largest absolute Gasteiger partial charge is 0.339 e. The van der Waals surface area contributed by atoms with E-state index in [1.807, 2.05) is 41.4 Å². The number of fused-ring (bicyclic) bond motifs is 1. The highest BCUT2D eigenvalue weighted by Gasteiger charge is 2.33. The molecule has 0 N–H and O–H groups in total. The van der Waals surface area contributed by atoms with Gasteiger partial charge in [-0.25, -0.2) is 0 Å². The molecule has 0 aromatic heterocycles. The molecule has 0 spiro atoms. The lowest BCUT2D eigenvalue weighted by molar-refractivity contribution is -0.121. The van der Waals surface area contributed by atoms with Crippen molar-refractivity contribution in [2.45, 2.75) is 12.8 Å². The number of hydrogen-bond acceptors (Lipinski definition) is 3. The van der Waals surface area contributed by atoms with E-state index in [9.17, 15) is 9.59 Å². The predicted octanol–water partition coefficient (Wildman–Crippen LogP) is 2.32. The van der Waals surface area contributed by atoms with Crippen molar-refractivity contribution in [1.82, 2.24) is 9.80 Å². The summed E-state index contributed by atoms with van der Waals surface area (Å²) in [7, 11) is 1.74. The van der Waals surface area contributed by atoms with Crippen molar-refractivity contribution in [3.63, 3.8) is 0 Å². The molecule has 1 aromatic rings. The van der Waals surface area contributed by atoms with E-state index in [2.05, 4.69) is 4.99 Å². The van der Waals surface area contributed by atoms with Crippen molar-refractivity contribution in [1.29, 1.82) is 0 Å². The monoisotopic (exact) mass is 321 g/mol. The number of rotatable bonds is 2. The molecule has 122 valence electrons. The Bertz CT molecular complexity index is 783. The topological polar surface area (TPSA) is 53.0 Å². The Hall–Kier alpha value is -2.69. The normalized spacial score (nSPS) is 22.5. The zero-order chi connectivity index (χ0) is 16.7. The predicted molar refractivity (Wildman–Crippen MR) is 92.4 cm³/mol. The number of nitrogens with zero attached hydrogens (tertiary/aromatic N) is 3. The van der Waals surface area contributed by atoms with E-state index in [0.717, 1.165) is 42.6 Å². The Morgan fingerprint density at radius 3 is 2.58 bits per heavy atom. The Morgan fingerprint density at radius 1 is 1.17 bits per heavy atom. The molecule has 0 bridgehead atoms. The van der Waals surface area contributed by atoms with Crippen LogP contribution in [0.15, 0.2) is 47.7 Å². The molecule has 0 aliphatic carbocycles. The number of amides is 2. The minimum absolute atomic E-state index is 0.0606. The minimum atomic E-state index is -0.0890. The zero-order valence-electron chi connectivity index (χ0n) is 13.6. The number of carbonyl (C=O) groups excluding carboxylic acids is 2. The van der Waals surface area contributed by atoms with Gasteiger partial charge in [-0.05, 0) is 36.1 Å². The molecule has 24 heavy (non-hydrogen) atoms. The molecule has 4 rings (SSSR count). The second-order valence-corrected chi connectivity index (χ2v) is 6.41. The van der Waals surface area contributed by atoms with Gasteiger partial charge in [0.15, 0.2) is 0 Å². The van der Waals surface area contributed by atoms with E-state index in [1.54, 1.807) is 18.1 Å². The van der Waals surface area contributed by atoms with E-state index >= 15 is 0 Å². The molecule has 0 saturated carbocycles. The van der Waals surface area contributed by atoms with Gasteiger partial charge in [0.25, 0.3) is 11.8 Å². The van der Waals surface area contributed by atoms with Crippen molar-refractivity contribution in [2.75, 3.05) is 20.1 Å². The first-order valence-electron chi connectivity index (χ1n) is 8.28. The van der Waals surface area contributed by atoms with E-state index < -0.39 is 0 Å². The van der Waals surface area contributed by atoms with Gasteiger partial charge in [-0.3, -0.25) is 14.6 Å². The van der Waals surface area contributed by atoms with Crippen LogP contribution in [0.3, 0.4) is 0 Å². The molecule has 1 saturated heterocycles. The molecular formula is C19H19N3O2. The van der Waals surface area contributed by atoms with Crippen LogP contribution in [0.4, 0.5) is 0 Å². The fraction of sp³-hybridized carbons (Fsp3) is 0.316. The van der Waals surface area contributed by atoms with Crippen LogP contribution in [0.2, 0.25) is 0 Å². The van der Waals surface area contributed by atoms with Gasteiger partial charge in [-0.1, -0.05) is 18.2 Å². The van der Waals surface area contributed by atoms with Crippen molar-refractivity contribution in [3.8, 4) is 0 Å². The Kier molecular flexibility index (Phi) is 3.56. The van der Waals surface area contributed by atoms with Crippen LogP contribution in [-0.2, 0) is 4.79 Å². The second-order valence-electron chi connectivity index (χ2n) is 6.41. The molecule has 1 unspecified atom stereocenters. The van der Waals surface area contributed by atoms with Gasteiger partial charge < -0.3 is 9.80 Å². The quantitative estimate of drug-likeness (QED) is 0.839. The van der Waals surface area contributed by atoms with Gasteiger partial charge in [0.2, 0.25) is 0 Å². The molecule has 1 aromatic carbocycles. The maximum Gasteiger partial charge on any atom is 0.272 e. The van der Waals surface area contributed by atoms with E-state index in [1.165, 1.54) is 0 Å². The smallest absolute Gasteiger partial charge is 0.272 e. The lowest BCUT2D eigenvalue weighted by atomic mass is 9.87. The molecule has 1 atom stereocenters. The third kappa shape index (κ3) is 2.37. The number of likely N-dealkylation sites (tertiary alicyclic amines) is 1. The van der Waals surface area contributed by atoms with Crippen LogP contribution in [-0.4, -0.2) is 47.5 Å². The highest BCUT2D eigenvalue weighted by atomic mass is 16.2. The molecule has 2 amide bonds. The number of carbonyl (C=O) groups is 2. The molecule has 3 aliphatic rings. The van der Waals surface area contributed by atoms with Gasteiger partial charge in [-0.15, -0.1) is 0 Å². The second kappa shape index (κ2) is 5.74. The number of benzene rings is 1. The summed E-state index contributed by atoms with van der Waals surface area (Å²) in [6.45, 7) is 1.71. The van der Waals surface area contributed by atoms with E-state index in [-0.39, 0.29) is 17.7 Å². The van der Waals surface area contributed by atoms with Crippen LogP contribution in [0.1, 0.15) is 28.8 Å². The summed E-state index contributed by atoms with van der Waals surface area (Å²) in [5.74, 6) is -0.0459. The molecular weight excluding hydrogens is 302 g/mol. The average Bonchev–Trinajstić information content (AvgIpc) is 3.29. The van der Waals surface area contributed by atoms with E-state index in [4.69, 9.17) is 0 Å². The van der Waals surface area contributed by atoms with Crippen LogP contribution in [0, 0.1) is 5.92 Å². The Balaban J connectivity index is 1.62. The summed E-state index contributed by atoms with van der Waals surface area (Å²) in [6, 6.07) is 7.68. The van der Waals surface area contributed by atoms with Gasteiger partial charge in [0.05, 0.1) is 5.92 Å². The third-order valence-corrected chi connectivity index (χ3v) is 4.85.